The summed E-state index contributed by atoms with van der Waals surface area (Å²) in [7, 11) is 0. The van der Waals surface area contributed by atoms with Crippen LogP contribution in [0, 0.1) is 0 Å². The number of pyridine rings is 1. The van der Waals surface area contributed by atoms with Gasteiger partial charge in [-0.2, -0.15) is 0 Å². The van der Waals surface area contributed by atoms with Crippen LogP contribution in [0.5, 0.6) is 5.75 Å². The number of thiophene rings is 1. The molecule has 0 unspecified atom stereocenters. The number of anilines is 1. The van der Waals surface area contributed by atoms with E-state index >= 15 is 0 Å². The molecular formula is C26H32N4O2S. The molecule has 0 atom stereocenters. The van der Waals surface area contributed by atoms with Crippen LogP contribution >= 0.6 is 11.3 Å². The van der Waals surface area contributed by atoms with Crippen molar-refractivity contribution in [3.63, 3.8) is 0 Å². The number of carbonyl (C=O) groups is 1. The first kappa shape index (κ1) is 23.3. The summed E-state index contributed by atoms with van der Waals surface area (Å²) in [6, 6.07) is 12.3. The third-order valence-electron chi connectivity index (χ3n) is 5.79. The molecule has 7 heteroatoms. The molecule has 1 aliphatic rings. The molecule has 1 aromatic carbocycles. The maximum absolute atomic E-state index is 12.1. The Kier molecular flexibility index (Phi) is 7.96. The molecule has 3 heterocycles. The molecule has 33 heavy (non-hydrogen) atoms. The van der Waals surface area contributed by atoms with E-state index in [0.29, 0.717) is 13.2 Å². The number of rotatable bonds is 9. The molecule has 1 aliphatic heterocycles. The first-order chi connectivity index (χ1) is 16.2. The quantitative estimate of drug-likeness (QED) is 0.499. The van der Waals surface area contributed by atoms with Crippen molar-refractivity contribution in [1.82, 2.24) is 15.2 Å². The topological polar surface area (TPSA) is 57.7 Å². The van der Waals surface area contributed by atoms with Gasteiger partial charge >= 0.3 is 0 Å². The minimum absolute atomic E-state index is 0.00364. The van der Waals surface area contributed by atoms with E-state index in [2.05, 4.69) is 56.7 Å². The summed E-state index contributed by atoms with van der Waals surface area (Å²) in [4.78, 5) is 22.7. The van der Waals surface area contributed by atoms with E-state index < -0.39 is 0 Å². The van der Waals surface area contributed by atoms with Crippen molar-refractivity contribution in [3.05, 3.63) is 64.6 Å². The second kappa shape index (κ2) is 11.3. The summed E-state index contributed by atoms with van der Waals surface area (Å²) in [5.41, 5.74) is 4.20. The van der Waals surface area contributed by atoms with Gasteiger partial charge in [0.15, 0.2) is 0 Å². The molecular weight excluding hydrogens is 432 g/mol. The molecule has 0 bridgehead atoms. The first-order valence-corrected chi connectivity index (χ1v) is 12.6. The summed E-state index contributed by atoms with van der Waals surface area (Å²) >= 11 is 1.80. The number of nitrogens with one attached hydrogen (secondary N) is 1. The second-order valence-electron chi connectivity index (χ2n) is 8.21. The van der Waals surface area contributed by atoms with Crippen molar-refractivity contribution in [3.8, 4) is 16.9 Å². The largest absolute Gasteiger partial charge is 0.492 e. The number of aromatic nitrogens is 1. The van der Waals surface area contributed by atoms with Gasteiger partial charge in [0.25, 0.3) is 5.91 Å². The van der Waals surface area contributed by atoms with Gasteiger partial charge in [0, 0.05) is 67.2 Å². The van der Waals surface area contributed by atoms with E-state index in [0.717, 1.165) is 56.0 Å². The number of ether oxygens (including phenoxy) is 1. The molecule has 4 rings (SSSR count). The predicted octanol–water partition coefficient (Wildman–Crippen LogP) is 4.67. The molecule has 0 spiro atoms. The summed E-state index contributed by atoms with van der Waals surface area (Å²) in [6.45, 7) is 10.4. The minimum Gasteiger partial charge on any atom is -0.492 e. The Morgan fingerprint density at radius 2 is 1.85 bits per heavy atom. The Balaban J connectivity index is 1.29. The maximum atomic E-state index is 12.1. The SMILES string of the molecule is CCCNC(=O)c1ccc(N2CCN(Cc3cc(-c4cncc(OCC)c4)cs3)CC2)cc1. The van der Waals surface area contributed by atoms with Gasteiger partial charge in [-0.25, -0.2) is 0 Å². The molecule has 3 aromatic rings. The highest BCUT2D eigenvalue weighted by atomic mass is 32.1. The number of amides is 1. The molecule has 0 aliphatic carbocycles. The van der Waals surface area contributed by atoms with E-state index in [1.54, 1.807) is 17.5 Å². The highest BCUT2D eigenvalue weighted by Crippen LogP contribution is 2.28. The van der Waals surface area contributed by atoms with Crippen LogP contribution in [-0.4, -0.2) is 55.1 Å². The predicted molar refractivity (Wildman–Crippen MR) is 135 cm³/mol. The Hall–Kier alpha value is -2.90. The van der Waals surface area contributed by atoms with Gasteiger partial charge in [-0.3, -0.25) is 14.7 Å². The van der Waals surface area contributed by atoms with E-state index in [9.17, 15) is 4.79 Å². The van der Waals surface area contributed by atoms with Gasteiger partial charge in [0.2, 0.25) is 0 Å². The summed E-state index contributed by atoms with van der Waals surface area (Å²) < 4.78 is 5.58. The Morgan fingerprint density at radius 1 is 1.06 bits per heavy atom. The Morgan fingerprint density at radius 3 is 2.58 bits per heavy atom. The van der Waals surface area contributed by atoms with Crippen molar-refractivity contribution < 1.29 is 9.53 Å². The van der Waals surface area contributed by atoms with Crippen molar-refractivity contribution >= 4 is 22.9 Å². The summed E-state index contributed by atoms with van der Waals surface area (Å²) in [5, 5.41) is 5.13. The van der Waals surface area contributed by atoms with Crippen LogP contribution < -0.4 is 15.0 Å². The summed E-state index contributed by atoms with van der Waals surface area (Å²) in [6.07, 6.45) is 4.60. The van der Waals surface area contributed by atoms with Crippen molar-refractivity contribution in [2.75, 3.05) is 44.2 Å². The fourth-order valence-corrected chi connectivity index (χ4v) is 4.92. The lowest BCUT2D eigenvalue weighted by molar-refractivity contribution is 0.0953. The molecule has 1 N–H and O–H groups in total. The van der Waals surface area contributed by atoms with E-state index in [1.165, 1.54) is 16.1 Å². The molecule has 0 radical (unpaired) electrons. The number of hydrogen-bond donors (Lipinski definition) is 1. The lowest BCUT2D eigenvalue weighted by Crippen LogP contribution is -2.45. The lowest BCUT2D eigenvalue weighted by atomic mass is 10.1. The van der Waals surface area contributed by atoms with Crippen molar-refractivity contribution in [1.29, 1.82) is 0 Å². The van der Waals surface area contributed by atoms with E-state index in [4.69, 9.17) is 4.74 Å². The van der Waals surface area contributed by atoms with Crippen LogP contribution in [0.4, 0.5) is 5.69 Å². The van der Waals surface area contributed by atoms with Gasteiger partial charge < -0.3 is 15.0 Å². The van der Waals surface area contributed by atoms with E-state index in [-0.39, 0.29) is 5.91 Å². The minimum atomic E-state index is 0.00364. The average Bonchev–Trinajstić information content (AvgIpc) is 3.32. The van der Waals surface area contributed by atoms with Gasteiger partial charge in [0.1, 0.15) is 5.75 Å². The standard InChI is InChI=1S/C26H32N4O2S/c1-3-9-28-26(31)20-5-7-23(8-6-20)30-12-10-29(11-13-30)18-25-15-22(19-33-25)21-14-24(32-4-2)17-27-16-21/h5-8,14-17,19H,3-4,9-13,18H2,1-2H3,(H,28,31). The van der Waals surface area contributed by atoms with Crippen LogP contribution in [0.25, 0.3) is 11.1 Å². The van der Waals surface area contributed by atoms with Crippen LogP contribution in [0.15, 0.2) is 54.2 Å². The van der Waals surface area contributed by atoms with Crippen molar-refractivity contribution in [2.45, 2.75) is 26.8 Å². The Labute approximate surface area is 200 Å². The summed E-state index contributed by atoms with van der Waals surface area (Å²) in [5.74, 6) is 0.817. The van der Waals surface area contributed by atoms with Crippen molar-refractivity contribution in [2.24, 2.45) is 0 Å². The highest BCUT2D eigenvalue weighted by molar-refractivity contribution is 7.10. The molecule has 1 amide bonds. The molecule has 1 saturated heterocycles. The van der Waals surface area contributed by atoms with Crippen LogP contribution in [0.2, 0.25) is 0 Å². The second-order valence-corrected chi connectivity index (χ2v) is 9.21. The zero-order valence-corrected chi connectivity index (χ0v) is 20.2. The monoisotopic (exact) mass is 464 g/mol. The molecule has 2 aromatic heterocycles. The van der Waals surface area contributed by atoms with Gasteiger partial charge in [-0.1, -0.05) is 6.92 Å². The van der Waals surface area contributed by atoms with Gasteiger partial charge in [-0.15, -0.1) is 11.3 Å². The normalized spacial score (nSPS) is 14.3. The lowest BCUT2D eigenvalue weighted by Gasteiger charge is -2.36. The third-order valence-corrected chi connectivity index (χ3v) is 6.71. The number of hydrogen-bond acceptors (Lipinski definition) is 6. The Bertz CT molecular complexity index is 1040. The maximum Gasteiger partial charge on any atom is 0.251 e. The smallest absolute Gasteiger partial charge is 0.251 e. The van der Waals surface area contributed by atoms with Crippen LogP contribution in [0.3, 0.4) is 0 Å². The number of carbonyl (C=O) groups excluding carboxylic acids is 1. The number of piperazine rings is 1. The molecule has 6 nitrogen and oxygen atoms in total. The molecule has 0 saturated carbocycles. The fourth-order valence-electron chi connectivity index (χ4n) is 3.99. The van der Waals surface area contributed by atoms with Gasteiger partial charge in [-0.05, 0) is 60.7 Å². The first-order valence-electron chi connectivity index (χ1n) is 11.7. The van der Waals surface area contributed by atoms with Crippen LogP contribution in [0.1, 0.15) is 35.5 Å². The number of benzene rings is 1. The van der Waals surface area contributed by atoms with Gasteiger partial charge in [0.05, 0.1) is 12.8 Å². The molecule has 1 fully saturated rings. The number of nitrogens with zero attached hydrogens (tertiary/aromatic N) is 3. The fraction of sp³-hybridized carbons (Fsp3) is 0.385. The average molecular weight is 465 g/mol. The molecule has 174 valence electrons. The third kappa shape index (κ3) is 6.12. The zero-order valence-electron chi connectivity index (χ0n) is 19.4. The van der Waals surface area contributed by atoms with Crippen LogP contribution in [-0.2, 0) is 6.54 Å². The zero-order chi connectivity index (χ0) is 23.0. The highest BCUT2D eigenvalue weighted by Gasteiger charge is 2.18. The van der Waals surface area contributed by atoms with E-state index in [1.807, 2.05) is 25.3 Å².